The fourth-order valence-electron chi connectivity index (χ4n) is 1.75. The Morgan fingerprint density at radius 3 is 2.78 bits per heavy atom. The molecule has 0 aromatic heterocycles. The van der Waals surface area contributed by atoms with Crippen LogP contribution in [0.4, 0.5) is 10.1 Å². The Morgan fingerprint density at radius 1 is 1.44 bits per heavy atom. The Labute approximate surface area is 108 Å². The molecular weight excluding hydrogens is 257 g/mol. The van der Waals surface area contributed by atoms with E-state index in [1.54, 1.807) is 11.8 Å². The molecule has 0 saturated carbocycles. The molecule has 2 rings (SSSR count). The van der Waals surface area contributed by atoms with Crippen LogP contribution in [0.1, 0.15) is 16.8 Å². The van der Waals surface area contributed by atoms with Crippen molar-refractivity contribution in [1.29, 1.82) is 0 Å². The number of aromatic carboxylic acids is 1. The molecule has 1 saturated heterocycles. The summed E-state index contributed by atoms with van der Waals surface area (Å²) in [6, 6.07) is 3.58. The van der Waals surface area contributed by atoms with Gasteiger partial charge in [0.2, 0.25) is 5.91 Å². The first kappa shape index (κ1) is 12.9. The molecule has 1 atom stereocenters. The largest absolute Gasteiger partial charge is 0.478 e. The van der Waals surface area contributed by atoms with E-state index < -0.39 is 17.3 Å². The molecule has 1 unspecified atom stereocenters. The summed E-state index contributed by atoms with van der Waals surface area (Å²) in [6.07, 6.45) is 0.826. The molecule has 1 fully saturated rings. The highest BCUT2D eigenvalue weighted by molar-refractivity contribution is 7.99. The van der Waals surface area contributed by atoms with E-state index in [9.17, 15) is 14.0 Å². The van der Waals surface area contributed by atoms with Gasteiger partial charge in [0, 0.05) is 17.4 Å². The summed E-state index contributed by atoms with van der Waals surface area (Å²) in [4.78, 5) is 22.4. The Morgan fingerprint density at radius 2 is 2.22 bits per heavy atom. The third-order valence-corrected chi connectivity index (χ3v) is 3.93. The molecule has 0 aliphatic carbocycles. The highest BCUT2D eigenvalue weighted by Gasteiger charge is 2.23. The molecule has 1 aromatic carbocycles. The number of hydrogen-bond donors (Lipinski definition) is 2. The van der Waals surface area contributed by atoms with E-state index in [-0.39, 0.29) is 11.8 Å². The van der Waals surface area contributed by atoms with Crippen LogP contribution in [0.15, 0.2) is 18.2 Å². The van der Waals surface area contributed by atoms with Gasteiger partial charge in [-0.1, -0.05) is 0 Å². The normalized spacial score (nSPS) is 18.6. The van der Waals surface area contributed by atoms with Gasteiger partial charge in [0.15, 0.2) is 0 Å². The topological polar surface area (TPSA) is 66.4 Å². The second kappa shape index (κ2) is 5.39. The van der Waals surface area contributed by atoms with Gasteiger partial charge in [-0.05, 0) is 30.4 Å². The Hall–Kier alpha value is -1.56. The predicted octanol–water partition coefficient (Wildman–Crippen LogP) is 2.22. The molecule has 6 heteroatoms. The molecule has 1 aliphatic rings. The molecule has 18 heavy (non-hydrogen) atoms. The van der Waals surface area contributed by atoms with E-state index in [1.807, 2.05) is 0 Å². The summed E-state index contributed by atoms with van der Waals surface area (Å²) in [6.45, 7) is 0. The number of anilines is 1. The van der Waals surface area contributed by atoms with Gasteiger partial charge in [0.1, 0.15) is 5.82 Å². The van der Waals surface area contributed by atoms with E-state index in [4.69, 9.17) is 5.11 Å². The summed E-state index contributed by atoms with van der Waals surface area (Å²) < 4.78 is 13.4. The van der Waals surface area contributed by atoms with Crippen molar-refractivity contribution in [2.75, 3.05) is 16.8 Å². The van der Waals surface area contributed by atoms with Gasteiger partial charge in [-0.2, -0.15) is 11.8 Å². The monoisotopic (exact) mass is 269 g/mol. The number of amides is 1. The average molecular weight is 269 g/mol. The zero-order chi connectivity index (χ0) is 13.1. The molecule has 2 N–H and O–H groups in total. The summed E-state index contributed by atoms with van der Waals surface area (Å²) in [5, 5.41) is 11.3. The number of carbonyl (C=O) groups excluding carboxylic acids is 1. The van der Waals surface area contributed by atoms with Gasteiger partial charge in [0.05, 0.1) is 5.56 Å². The highest BCUT2D eigenvalue weighted by Crippen LogP contribution is 2.25. The van der Waals surface area contributed by atoms with E-state index in [0.717, 1.165) is 30.1 Å². The highest BCUT2D eigenvalue weighted by atomic mass is 32.2. The lowest BCUT2D eigenvalue weighted by atomic mass is 10.1. The predicted molar refractivity (Wildman–Crippen MR) is 67.4 cm³/mol. The van der Waals surface area contributed by atoms with Crippen LogP contribution >= 0.6 is 11.8 Å². The number of hydrogen-bond acceptors (Lipinski definition) is 3. The van der Waals surface area contributed by atoms with Crippen molar-refractivity contribution in [3.8, 4) is 0 Å². The number of benzene rings is 1. The van der Waals surface area contributed by atoms with Crippen molar-refractivity contribution in [3.05, 3.63) is 29.6 Å². The fourth-order valence-corrected chi connectivity index (χ4v) is 2.97. The van der Waals surface area contributed by atoms with E-state index in [0.29, 0.717) is 5.69 Å². The smallest absolute Gasteiger partial charge is 0.338 e. The molecule has 1 aromatic rings. The molecule has 1 heterocycles. The van der Waals surface area contributed by atoms with E-state index >= 15 is 0 Å². The summed E-state index contributed by atoms with van der Waals surface area (Å²) in [5.74, 6) is -0.607. The van der Waals surface area contributed by atoms with Crippen molar-refractivity contribution < 1.29 is 19.1 Å². The number of halogens is 1. The maximum absolute atomic E-state index is 13.4. The molecule has 96 valence electrons. The SMILES string of the molecule is O=C(O)c1ccc(NC(=O)C2CCSC2)cc1F. The molecule has 1 aliphatic heterocycles. The zero-order valence-corrected chi connectivity index (χ0v) is 10.3. The van der Waals surface area contributed by atoms with Crippen molar-refractivity contribution in [2.24, 2.45) is 5.92 Å². The Kier molecular flexibility index (Phi) is 3.86. The number of carboxylic acids is 1. The van der Waals surface area contributed by atoms with Gasteiger partial charge < -0.3 is 10.4 Å². The van der Waals surface area contributed by atoms with Gasteiger partial charge in [-0.25, -0.2) is 9.18 Å². The summed E-state index contributed by atoms with van der Waals surface area (Å²) in [7, 11) is 0. The first-order valence-corrected chi connectivity index (χ1v) is 6.65. The van der Waals surface area contributed by atoms with Gasteiger partial charge in [-0.15, -0.1) is 0 Å². The van der Waals surface area contributed by atoms with Crippen LogP contribution in [0.5, 0.6) is 0 Å². The number of carboxylic acid groups (broad SMARTS) is 1. The lowest BCUT2D eigenvalue weighted by Gasteiger charge is -2.10. The second-order valence-corrected chi connectivity index (χ2v) is 5.20. The Bertz CT molecular complexity index is 486. The maximum atomic E-state index is 13.4. The zero-order valence-electron chi connectivity index (χ0n) is 9.48. The second-order valence-electron chi connectivity index (χ2n) is 4.05. The van der Waals surface area contributed by atoms with Gasteiger partial charge >= 0.3 is 5.97 Å². The van der Waals surface area contributed by atoms with Gasteiger partial charge in [0.25, 0.3) is 0 Å². The quantitative estimate of drug-likeness (QED) is 0.883. The molecule has 1 amide bonds. The lowest BCUT2D eigenvalue weighted by Crippen LogP contribution is -2.22. The van der Waals surface area contributed by atoms with Gasteiger partial charge in [-0.3, -0.25) is 4.79 Å². The molecular formula is C12H12FNO3S. The third kappa shape index (κ3) is 2.81. The standard InChI is InChI=1S/C12H12FNO3S/c13-10-5-8(1-2-9(10)12(16)17)14-11(15)7-3-4-18-6-7/h1-2,5,7H,3-4,6H2,(H,14,15)(H,16,17). The number of carbonyl (C=O) groups is 2. The minimum atomic E-state index is -1.32. The van der Waals surface area contributed by atoms with Crippen LogP contribution in [-0.4, -0.2) is 28.5 Å². The molecule has 0 bridgehead atoms. The summed E-state index contributed by atoms with van der Waals surface area (Å²) >= 11 is 1.72. The van der Waals surface area contributed by atoms with Crippen LogP contribution in [0.25, 0.3) is 0 Å². The van der Waals surface area contributed by atoms with Crippen LogP contribution in [0, 0.1) is 11.7 Å². The average Bonchev–Trinajstić information content (AvgIpc) is 2.81. The minimum absolute atomic E-state index is 0.0442. The van der Waals surface area contributed by atoms with Crippen LogP contribution in [0.3, 0.4) is 0 Å². The van der Waals surface area contributed by atoms with Crippen LogP contribution < -0.4 is 5.32 Å². The molecule has 0 radical (unpaired) electrons. The number of thioether (sulfide) groups is 1. The minimum Gasteiger partial charge on any atom is -0.478 e. The Balaban J connectivity index is 2.07. The fraction of sp³-hybridized carbons (Fsp3) is 0.333. The maximum Gasteiger partial charge on any atom is 0.338 e. The van der Waals surface area contributed by atoms with Crippen molar-refractivity contribution in [2.45, 2.75) is 6.42 Å². The molecule has 0 spiro atoms. The van der Waals surface area contributed by atoms with E-state index in [1.165, 1.54) is 6.07 Å². The number of nitrogens with one attached hydrogen (secondary N) is 1. The van der Waals surface area contributed by atoms with Crippen molar-refractivity contribution in [1.82, 2.24) is 0 Å². The van der Waals surface area contributed by atoms with Crippen molar-refractivity contribution >= 4 is 29.3 Å². The van der Waals surface area contributed by atoms with Crippen LogP contribution in [0.2, 0.25) is 0 Å². The first-order valence-electron chi connectivity index (χ1n) is 5.49. The lowest BCUT2D eigenvalue weighted by molar-refractivity contribution is -0.119. The van der Waals surface area contributed by atoms with Crippen molar-refractivity contribution in [3.63, 3.8) is 0 Å². The first-order chi connectivity index (χ1) is 8.58. The number of rotatable bonds is 3. The van der Waals surface area contributed by atoms with E-state index in [2.05, 4.69) is 5.32 Å². The van der Waals surface area contributed by atoms with Crippen LogP contribution in [-0.2, 0) is 4.79 Å². The summed E-state index contributed by atoms with van der Waals surface area (Å²) in [5.41, 5.74) is -0.108. The third-order valence-electron chi connectivity index (χ3n) is 2.77. The molecule has 4 nitrogen and oxygen atoms in total.